The lowest BCUT2D eigenvalue weighted by molar-refractivity contribution is 0.703. The Morgan fingerprint density at radius 3 is 2.77 bits per heavy atom. The number of aromatic amines is 1. The smallest absolute Gasteiger partial charge is 0.0195 e. The molecule has 1 aliphatic rings. The van der Waals surface area contributed by atoms with Crippen molar-refractivity contribution in [3.8, 4) is 0 Å². The normalized spacial score (nSPS) is 17.2. The first-order chi connectivity index (χ1) is 6.27. The molecule has 0 atom stereocenters. The first-order valence-corrected chi connectivity index (χ1v) is 5.18. The van der Waals surface area contributed by atoms with E-state index in [9.17, 15) is 0 Å². The molecular formula is C11H18N2. The molecule has 1 aromatic heterocycles. The lowest BCUT2D eigenvalue weighted by Gasteiger charge is -2.01. The monoisotopic (exact) mass is 178 g/mol. The van der Waals surface area contributed by atoms with E-state index in [1.54, 1.807) is 0 Å². The van der Waals surface area contributed by atoms with Crippen LogP contribution in [-0.2, 0) is 12.8 Å². The highest BCUT2D eigenvalue weighted by Gasteiger charge is 2.12. The van der Waals surface area contributed by atoms with Crippen LogP contribution in [0.5, 0.6) is 0 Å². The Labute approximate surface area is 79.7 Å². The summed E-state index contributed by atoms with van der Waals surface area (Å²) in [6.45, 7) is 6.72. The maximum Gasteiger partial charge on any atom is 0.0195 e. The van der Waals surface area contributed by atoms with E-state index in [1.807, 2.05) is 0 Å². The zero-order valence-corrected chi connectivity index (χ0v) is 8.48. The summed E-state index contributed by atoms with van der Waals surface area (Å²) in [5.74, 6) is 0.625. The van der Waals surface area contributed by atoms with Crippen molar-refractivity contribution in [3.05, 3.63) is 23.0 Å². The van der Waals surface area contributed by atoms with Crippen LogP contribution in [0.15, 0.2) is 6.07 Å². The van der Waals surface area contributed by atoms with Gasteiger partial charge in [0.15, 0.2) is 0 Å². The predicted molar refractivity (Wildman–Crippen MR) is 55.2 cm³/mol. The van der Waals surface area contributed by atoms with Gasteiger partial charge in [-0.05, 0) is 30.5 Å². The number of nitrogens with one attached hydrogen (secondary N) is 2. The quantitative estimate of drug-likeness (QED) is 0.674. The SMILES string of the molecule is CC(C)c1cc2c([nH]1)CCNCC2. The molecule has 1 aliphatic heterocycles. The Bertz CT molecular complexity index is 263. The zero-order chi connectivity index (χ0) is 9.26. The van der Waals surface area contributed by atoms with Crippen molar-refractivity contribution in [2.75, 3.05) is 13.1 Å². The number of hydrogen-bond acceptors (Lipinski definition) is 1. The first-order valence-electron chi connectivity index (χ1n) is 5.18. The molecular weight excluding hydrogens is 160 g/mol. The third kappa shape index (κ3) is 1.78. The van der Waals surface area contributed by atoms with E-state index in [4.69, 9.17) is 0 Å². The van der Waals surface area contributed by atoms with Crippen LogP contribution < -0.4 is 5.32 Å². The zero-order valence-electron chi connectivity index (χ0n) is 8.48. The summed E-state index contributed by atoms with van der Waals surface area (Å²) in [5.41, 5.74) is 4.37. The number of aromatic nitrogens is 1. The molecule has 2 heterocycles. The Hall–Kier alpha value is -0.760. The highest BCUT2D eigenvalue weighted by molar-refractivity contribution is 5.29. The minimum atomic E-state index is 0.625. The number of fused-ring (bicyclic) bond motifs is 1. The summed E-state index contributed by atoms with van der Waals surface area (Å²) >= 11 is 0. The summed E-state index contributed by atoms with van der Waals surface area (Å²) in [6, 6.07) is 2.34. The first kappa shape index (κ1) is 8.82. The fourth-order valence-corrected chi connectivity index (χ4v) is 1.88. The molecule has 0 amide bonds. The lowest BCUT2D eigenvalue weighted by Crippen LogP contribution is -2.16. The van der Waals surface area contributed by atoms with Crippen LogP contribution in [0, 0.1) is 0 Å². The molecule has 2 rings (SSSR count). The van der Waals surface area contributed by atoms with Crippen LogP contribution in [0.25, 0.3) is 0 Å². The fourth-order valence-electron chi connectivity index (χ4n) is 1.88. The average molecular weight is 178 g/mol. The molecule has 0 saturated heterocycles. The number of rotatable bonds is 1. The van der Waals surface area contributed by atoms with E-state index in [0.29, 0.717) is 5.92 Å². The Kier molecular flexibility index (Phi) is 2.40. The Balaban J connectivity index is 2.27. The molecule has 0 spiro atoms. The van der Waals surface area contributed by atoms with Crippen molar-refractivity contribution >= 4 is 0 Å². The molecule has 1 aromatic rings. The standard InChI is InChI=1S/C11H18N2/c1-8(2)11-7-9-3-5-12-6-4-10(9)13-11/h7-8,12-13H,3-6H2,1-2H3. The van der Waals surface area contributed by atoms with Crippen molar-refractivity contribution in [2.45, 2.75) is 32.6 Å². The molecule has 0 fully saturated rings. The van der Waals surface area contributed by atoms with E-state index in [1.165, 1.54) is 23.4 Å². The summed E-state index contributed by atoms with van der Waals surface area (Å²) < 4.78 is 0. The van der Waals surface area contributed by atoms with Gasteiger partial charge in [-0.3, -0.25) is 0 Å². The van der Waals surface area contributed by atoms with Gasteiger partial charge in [-0.15, -0.1) is 0 Å². The second-order valence-electron chi connectivity index (χ2n) is 4.13. The Morgan fingerprint density at radius 1 is 1.23 bits per heavy atom. The lowest BCUT2D eigenvalue weighted by atomic mass is 10.1. The number of hydrogen-bond donors (Lipinski definition) is 2. The fraction of sp³-hybridized carbons (Fsp3) is 0.636. The molecule has 0 bridgehead atoms. The van der Waals surface area contributed by atoms with Crippen molar-refractivity contribution in [1.82, 2.24) is 10.3 Å². The Morgan fingerprint density at radius 2 is 2.00 bits per heavy atom. The van der Waals surface area contributed by atoms with Crippen molar-refractivity contribution in [3.63, 3.8) is 0 Å². The molecule has 2 heteroatoms. The average Bonchev–Trinajstić information content (AvgIpc) is 2.38. The highest BCUT2D eigenvalue weighted by Crippen LogP contribution is 2.19. The number of H-pyrrole nitrogens is 1. The van der Waals surface area contributed by atoms with E-state index in [-0.39, 0.29) is 0 Å². The predicted octanol–water partition coefficient (Wildman–Crippen LogP) is 1.83. The summed E-state index contributed by atoms with van der Waals surface area (Å²) in [7, 11) is 0. The van der Waals surface area contributed by atoms with Gasteiger partial charge >= 0.3 is 0 Å². The van der Waals surface area contributed by atoms with Gasteiger partial charge in [0, 0.05) is 24.4 Å². The molecule has 0 aliphatic carbocycles. The molecule has 0 unspecified atom stereocenters. The summed E-state index contributed by atoms with van der Waals surface area (Å²) in [4.78, 5) is 3.53. The van der Waals surface area contributed by atoms with Crippen LogP contribution in [0.3, 0.4) is 0 Å². The maximum atomic E-state index is 3.53. The van der Waals surface area contributed by atoms with Crippen LogP contribution >= 0.6 is 0 Å². The van der Waals surface area contributed by atoms with Crippen LogP contribution in [-0.4, -0.2) is 18.1 Å². The summed E-state index contributed by atoms with van der Waals surface area (Å²) in [5, 5.41) is 3.41. The van der Waals surface area contributed by atoms with Gasteiger partial charge in [0.2, 0.25) is 0 Å². The van der Waals surface area contributed by atoms with Gasteiger partial charge in [-0.2, -0.15) is 0 Å². The second kappa shape index (κ2) is 3.54. The minimum absolute atomic E-state index is 0.625. The van der Waals surface area contributed by atoms with E-state index in [2.05, 4.69) is 30.2 Å². The molecule has 2 N–H and O–H groups in total. The van der Waals surface area contributed by atoms with Crippen molar-refractivity contribution in [1.29, 1.82) is 0 Å². The third-order valence-electron chi connectivity index (χ3n) is 2.76. The van der Waals surface area contributed by atoms with Gasteiger partial charge in [0.05, 0.1) is 0 Å². The second-order valence-corrected chi connectivity index (χ2v) is 4.13. The van der Waals surface area contributed by atoms with Gasteiger partial charge < -0.3 is 10.3 Å². The van der Waals surface area contributed by atoms with Gasteiger partial charge in [-0.1, -0.05) is 13.8 Å². The van der Waals surface area contributed by atoms with E-state index in [0.717, 1.165) is 19.5 Å². The maximum absolute atomic E-state index is 3.53. The van der Waals surface area contributed by atoms with Gasteiger partial charge in [0.25, 0.3) is 0 Å². The molecule has 0 aromatic carbocycles. The van der Waals surface area contributed by atoms with Gasteiger partial charge in [-0.25, -0.2) is 0 Å². The van der Waals surface area contributed by atoms with Crippen LogP contribution in [0.1, 0.15) is 36.7 Å². The van der Waals surface area contributed by atoms with E-state index >= 15 is 0 Å². The largest absolute Gasteiger partial charge is 0.362 e. The third-order valence-corrected chi connectivity index (χ3v) is 2.76. The van der Waals surface area contributed by atoms with E-state index < -0.39 is 0 Å². The minimum Gasteiger partial charge on any atom is -0.362 e. The molecule has 2 nitrogen and oxygen atoms in total. The molecule has 0 saturated carbocycles. The summed E-state index contributed by atoms with van der Waals surface area (Å²) in [6.07, 6.45) is 2.33. The molecule has 0 radical (unpaired) electrons. The topological polar surface area (TPSA) is 27.8 Å². The van der Waals surface area contributed by atoms with Crippen molar-refractivity contribution < 1.29 is 0 Å². The van der Waals surface area contributed by atoms with Crippen molar-refractivity contribution in [2.24, 2.45) is 0 Å². The van der Waals surface area contributed by atoms with Gasteiger partial charge in [0.1, 0.15) is 0 Å². The highest BCUT2D eigenvalue weighted by atomic mass is 14.9. The van der Waals surface area contributed by atoms with Crippen LogP contribution in [0.2, 0.25) is 0 Å². The van der Waals surface area contributed by atoms with Crippen LogP contribution in [0.4, 0.5) is 0 Å². The molecule has 13 heavy (non-hydrogen) atoms. The molecule has 72 valence electrons.